The summed E-state index contributed by atoms with van der Waals surface area (Å²) in [5.41, 5.74) is 5.57. The summed E-state index contributed by atoms with van der Waals surface area (Å²) in [7, 11) is 0. The largest absolute Gasteiger partial charge is 0.378 e. The van der Waals surface area contributed by atoms with E-state index >= 15 is 0 Å². The van der Waals surface area contributed by atoms with Crippen LogP contribution in [0, 0.1) is 0 Å². The third-order valence-electron chi connectivity index (χ3n) is 4.57. The Morgan fingerprint density at radius 1 is 1.14 bits per heavy atom. The topological polar surface area (TPSA) is 58.8 Å². The van der Waals surface area contributed by atoms with Crippen molar-refractivity contribution in [1.82, 2.24) is 9.80 Å². The fraction of sp³-hybridized carbons (Fsp3) is 0.938. The molecule has 2 rings (SSSR count). The van der Waals surface area contributed by atoms with Gasteiger partial charge in [-0.3, -0.25) is 4.79 Å². The van der Waals surface area contributed by atoms with Crippen LogP contribution in [-0.2, 0) is 9.53 Å². The lowest BCUT2D eigenvalue weighted by molar-refractivity contribution is -0.132. The molecule has 2 saturated heterocycles. The molecule has 2 aliphatic rings. The van der Waals surface area contributed by atoms with Crippen molar-refractivity contribution in [1.29, 1.82) is 0 Å². The van der Waals surface area contributed by atoms with Gasteiger partial charge >= 0.3 is 0 Å². The SMILES string of the molecule is NCCCN1CCCN(C(=O)CCC2CCCCO2)CC1. The molecule has 0 aliphatic carbocycles. The van der Waals surface area contributed by atoms with Gasteiger partial charge in [-0.05, 0) is 58.2 Å². The number of nitrogens with zero attached hydrogens (tertiary/aromatic N) is 2. The summed E-state index contributed by atoms with van der Waals surface area (Å²) < 4.78 is 5.71. The zero-order valence-corrected chi connectivity index (χ0v) is 13.3. The van der Waals surface area contributed by atoms with Crippen LogP contribution in [0.3, 0.4) is 0 Å². The molecule has 122 valence electrons. The molecule has 0 spiro atoms. The second-order valence-corrected chi connectivity index (χ2v) is 6.25. The van der Waals surface area contributed by atoms with Crippen molar-refractivity contribution in [3.63, 3.8) is 0 Å². The Bertz CT molecular complexity index is 306. The van der Waals surface area contributed by atoms with Crippen LogP contribution < -0.4 is 5.73 Å². The summed E-state index contributed by atoms with van der Waals surface area (Å²) in [6.07, 6.45) is 7.53. The number of carbonyl (C=O) groups is 1. The van der Waals surface area contributed by atoms with Crippen LogP contribution in [0.15, 0.2) is 0 Å². The van der Waals surface area contributed by atoms with Crippen LogP contribution in [0.25, 0.3) is 0 Å². The molecule has 5 nitrogen and oxygen atoms in total. The number of hydrogen-bond donors (Lipinski definition) is 1. The maximum Gasteiger partial charge on any atom is 0.222 e. The van der Waals surface area contributed by atoms with E-state index < -0.39 is 0 Å². The molecule has 2 fully saturated rings. The lowest BCUT2D eigenvalue weighted by atomic mass is 10.0. The number of nitrogens with two attached hydrogens (primary N) is 1. The van der Waals surface area contributed by atoms with E-state index in [1.165, 1.54) is 12.8 Å². The Kier molecular flexibility index (Phi) is 7.47. The van der Waals surface area contributed by atoms with E-state index in [9.17, 15) is 4.79 Å². The summed E-state index contributed by atoms with van der Waals surface area (Å²) in [6, 6.07) is 0. The molecular weight excluding hydrogens is 266 g/mol. The lowest BCUT2D eigenvalue weighted by Crippen LogP contribution is -2.36. The van der Waals surface area contributed by atoms with Gasteiger partial charge in [0.1, 0.15) is 0 Å². The summed E-state index contributed by atoms with van der Waals surface area (Å²) in [5.74, 6) is 0.310. The Morgan fingerprint density at radius 3 is 2.81 bits per heavy atom. The monoisotopic (exact) mass is 297 g/mol. The Hall–Kier alpha value is -0.650. The summed E-state index contributed by atoms with van der Waals surface area (Å²) >= 11 is 0. The van der Waals surface area contributed by atoms with Gasteiger partial charge in [0.2, 0.25) is 5.91 Å². The molecule has 5 heteroatoms. The number of hydrogen-bond acceptors (Lipinski definition) is 4. The number of ether oxygens (including phenoxy) is 1. The number of rotatable bonds is 6. The lowest BCUT2D eigenvalue weighted by Gasteiger charge is -2.25. The molecule has 1 amide bonds. The van der Waals surface area contributed by atoms with Crippen molar-refractivity contribution < 1.29 is 9.53 Å². The molecule has 0 bridgehead atoms. The van der Waals surface area contributed by atoms with Crippen molar-refractivity contribution in [2.24, 2.45) is 5.73 Å². The van der Waals surface area contributed by atoms with Crippen LogP contribution in [0.4, 0.5) is 0 Å². The third-order valence-corrected chi connectivity index (χ3v) is 4.57. The van der Waals surface area contributed by atoms with E-state index in [1.54, 1.807) is 0 Å². The van der Waals surface area contributed by atoms with Gasteiger partial charge in [-0.1, -0.05) is 0 Å². The van der Waals surface area contributed by atoms with E-state index in [0.717, 1.165) is 71.6 Å². The highest BCUT2D eigenvalue weighted by molar-refractivity contribution is 5.76. The van der Waals surface area contributed by atoms with Crippen LogP contribution in [0.5, 0.6) is 0 Å². The molecule has 1 atom stereocenters. The minimum atomic E-state index is 0.310. The van der Waals surface area contributed by atoms with Gasteiger partial charge < -0.3 is 20.3 Å². The van der Waals surface area contributed by atoms with Crippen LogP contribution >= 0.6 is 0 Å². The Balaban J connectivity index is 1.67. The van der Waals surface area contributed by atoms with Gasteiger partial charge in [0.25, 0.3) is 0 Å². The quantitative estimate of drug-likeness (QED) is 0.801. The molecule has 0 aromatic rings. The fourth-order valence-corrected chi connectivity index (χ4v) is 3.24. The second kappa shape index (κ2) is 9.38. The van der Waals surface area contributed by atoms with E-state index in [4.69, 9.17) is 10.5 Å². The van der Waals surface area contributed by atoms with E-state index in [0.29, 0.717) is 18.4 Å². The molecule has 0 saturated carbocycles. The average Bonchev–Trinajstić information content (AvgIpc) is 2.77. The number of amides is 1. The van der Waals surface area contributed by atoms with Gasteiger partial charge in [-0.25, -0.2) is 0 Å². The summed E-state index contributed by atoms with van der Waals surface area (Å²) in [6.45, 7) is 6.55. The van der Waals surface area contributed by atoms with Crippen molar-refractivity contribution in [2.45, 2.75) is 51.0 Å². The first-order chi connectivity index (χ1) is 10.3. The molecule has 2 N–H and O–H groups in total. The van der Waals surface area contributed by atoms with Crippen LogP contribution in [0.2, 0.25) is 0 Å². The molecule has 2 aliphatic heterocycles. The first-order valence-electron chi connectivity index (χ1n) is 8.61. The average molecular weight is 297 g/mol. The van der Waals surface area contributed by atoms with Gasteiger partial charge in [-0.2, -0.15) is 0 Å². The minimum Gasteiger partial charge on any atom is -0.378 e. The summed E-state index contributed by atoms with van der Waals surface area (Å²) in [4.78, 5) is 16.8. The van der Waals surface area contributed by atoms with Gasteiger partial charge in [0, 0.05) is 32.7 Å². The fourth-order valence-electron chi connectivity index (χ4n) is 3.24. The predicted octanol–water partition coefficient (Wildman–Crippen LogP) is 1.22. The molecule has 0 radical (unpaired) electrons. The van der Waals surface area contributed by atoms with Gasteiger partial charge in [0.15, 0.2) is 0 Å². The van der Waals surface area contributed by atoms with Crippen molar-refractivity contribution >= 4 is 5.91 Å². The molecule has 0 aromatic carbocycles. The second-order valence-electron chi connectivity index (χ2n) is 6.25. The highest BCUT2D eigenvalue weighted by Crippen LogP contribution is 2.18. The predicted molar refractivity (Wildman–Crippen MR) is 84.1 cm³/mol. The minimum absolute atomic E-state index is 0.310. The molecular formula is C16H31N3O2. The maximum atomic E-state index is 12.3. The highest BCUT2D eigenvalue weighted by atomic mass is 16.5. The molecule has 1 unspecified atom stereocenters. The zero-order valence-electron chi connectivity index (χ0n) is 13.3. The van der Waals surface area contributed by atoms with Gasteiger partial charge in [0.05, 0.1) is 6.10 Å². The van der Waals surface area contributed by atoms with Crippen molar-refractivity contribution in [3.05, 3.63) is 0 Å². The first kappa shape index (κ1) is 16.7. The van der Waals surface area contributed by atoms with Crippen molar-refractivity contribution in [3.8, 4) is 0 Å². The zero-order chi connectivity index (χ0) is 14.9. The normalized spacial score (nSPS) is 24.8. The van der Waals surface area contributed by atoms with E-state index in [1.807, 2.05) is 4.90 Å². The van der Waals surface area contributed by atoms with Crippen LogP contribution in [0.1, 0.15) is 44.9 Å². The molecule has 0 aromatic heterocycles. The third kappa shape index (κ3) is 5.93. The summed E-state index contributed by atoms with van der Waals surface area (Å²) in [5, 5.41) is 0. The molecule has 21 heavy (non-hydrogen) atoms. The highest BCUT2D eigenvalue weighted by Gasteiger charge is 2.21. The van der Waals surface area contributed by atoms with E-state index in [-0.39, 0.29) is 0 Å². The van der Waals surface area contributed by atoms with Crippen molar-refractivity contribution in [2.75, 3.05) is 45.9 Å². The van der Waals surface area contributed by atoms with Gasteiger partial charge in [-0.15, -0.1) is 0 Å². The Morgan fingerprint density at radius 2 is 2.05 bits per heavy atom. The number of carbonyl (C=O) groups excluding carboxylic acids is 1. The molecule has 2 heterocycles. The first-order valence-corrected chi connectivity index (χ1v) is 8.61. The standard InChI is InChI=1S/C16H31N3O2/c17-8-3-9-18-10-4-11-19(13-12-18)16(20)7-6-15-5-1-2-14-21-15/h15H,1-14,17H2. The van der Waals surface area contributed by atoms with Crippen LogP contribution in [-0.4, -0.2) is 67.7 Å². The smallest absolute Gasteiger partial charge is 0.222 e. The van der Waals surface area contributed by atoms with E-state index in [2.05, 4.69) is 4.90 Å². The Labute approximate surface area is 128 Å². The maximum absolute atomic E-state index is 12.3.